The van der Waals surface area contributed by atoms with Crippen LogP contribution in [0.5, 0.6) is 0 Å². The number of aromatic nitrogens is 2. The molecule has 0 amide bonds. The van der Waals surface area contributed by atoms with E-state index in [1.165, 1.54) is 6.33 Å². The number of nitrogens with two attached hydrogens (primary N) is 1. The molecule has 1 aromatic rings. The van der Waals surface area contributed by atoms with E-state index in [2.05, 4.69) is 15.3 Å². The van der Waals surface area contributed by atoms with E-state index in [0.717, 1.165) is 12.8 Å². The average Bonchev–Trinajstić information content (AvgIpc) is 2.17. The van der Waals surface area contributed by atoms with E-state index < -0.39 is 0 Å². The van der Waals surface area contributed by atoms with Crippen molar-refractivity contribution in [1.29, 1.82) is 0 Å². The highest BCUT2D eigenvalue weighted by Gasteiger charge is 2.26. The highest BCUT2D eigenvalue weighted by atomic mass is 16.3. The number of hydrogen-bond acceptors (Lipinski definition) is 5. The Bertz CT molecular complexity index is 397. The maximum atomic E-state index is 11.1. The van der Waals surface area contributed by atoms with Crippen LogP contribution in [0.2, 0.25) is 0 Å². The van der Waals surface area contributed by atoms with Crippen LogP contribution in [-0.4, -0.2) is 27.7 Å². The van der Waals surface area contributed by atoms with Gasteiger partial charge in [-0.1, -0.05) is 0 Å². The summed E-state index contributed by atoms with van der Waals surface area (Å²) in [5.74, 6) is 0.862. The van der Waals surface area contributed by atoms with Crippen LogP contribution >= 0.6 is 0 Å². The standard InChI is InChI=1S/C9H14N4O2/c10-7-8(12-4-13-9(7)15)11-3-5-1-6(14)2-5/h4-6,14H,1-3,10H2,(H2,11,12,13,15). The number of rotatable bonds is 3. The number of aliphatic hydroxyl groups excluding tert-OH is 1. The molecule has 1 heterocycles. The number of aromatic amines is 1. The lowest BCUT2D eigenvalue weighted by Gasteiger charge is -2.31. The van der Waals surface area contributed by atoms with Gasteiger partial charge >= 0.3 is 0 Å². The molecule has 0 unspecified atom stereocenters. The van der Waals surface area contributed by atoms with E-state index in [0.29, 0.717) is 18.3 Å². The summed E-state index contributed by atoms with van der Waals surface area (Å²) in [7, 11) is 0. The Balaban J connectivity index is 1.93. The molecule has 6 heteroatoms. The molecule has 0 aromatic carbocycles. The molecular weight excluding hydrogens is 196 g/mol. The maximum Gasteiger partial charge on any atom is 0.276 e. The quantitative estimate of drug-likeness (QED) is 0.540. The van der Waals surface area contributed by atoms with E-state index in [9.17, 15) is 4.79 Å². The lowest BCUT2D eigenvalue weighted by molar-refractivity contribution is 0.0486. The van der Waals surface area contributed by atoms with Crippen LogP contribution in [0.25, 0.3) is 0 Å². The number of nitrogens with one attached hydrogen (secondary N) is 2. The van der Waals surface area contributed by atoms with Gasteiger partial charge in [-0.05, 0) is 18.8 Å². The van der Waals surface area contributed by atoms with Crippen LogP contribution in [0.1, 0.15) is 12.8 Å². The van der Waals surface area contributed by atoms with Crippen molar-refractivity contribution in [3.8, 4) is 0 Å². The highest BCUT2D eigenvalue weighted by molar-refractivity contribution is 5.58. The van der Waals surface area contributed by atoms with Crippen molar-refractivity contribution in [2.75, 3.05) is 17.6 Å². The zero-order valence-corrected chi connectivity index (χ0v) is 8.23. The summed E-state index contributed by atoms with van der Waals surface area (Å²) in [4.78, 5) is 17.4. The first kappa shape index (κ1) is 9.97. The smallest absolute Gasteiger partial charge is 0.276 e. The van der Waals surface area contributed by atoms with Gasteiger partial charge < -0.3 is 21.1 Å². The Morgan fingerprint density at radius 2 is 2.40 bits per heavy atom. The molecule has 1 aliphatic carbocycles. The van der Waals surface area contributed by atoms with Crippen molar-refractivity contribution < 1.29 is 5.11 Å². The largest absolute Gasteiger partial charge is 0.393 e. The van der Waals surface area contributed by atoms with Gasteiger partial charge in [-0.15, -0.1) is 0 Å². The number of nitrogen functional groups attached to an aromatic ring is 1. The summed E-state index contributed by atoms with van der Waals surface area (Å²) >= 11 is 0. The fraction of sp³-hybridized carbons (Fsp3) is 0.556. The van der Waals surface area contributed by atoms with E-state index in [4.69, 9.17) is 10.8 Å². The molecule has 15 heavy (non-hydrogen) atoms. The van der Waals surface area contributed by atoms with Crippen molar-refractivity contribution in [3.63, 3.8) is 0 Å². The topological polar surface area (TPSA) is 104 Å². The lowest BCUT2D eigenvalue weighted by atomic mass is 9.82. The molecule has 0 atom stereocenters. The van der Waals surface area contributed by atoms with Gasteiger partial charge in [-0.25, -0.2) is 4.98 Å². The molecule has 82 valence electrons. The van der Waals surface area contributed by atoms with Crippen molar-refractivity contribution in [1.82, 2.24) is 9.97 Å². The molecule has 6 nitrogen and oxygen atoms in total. The summed E-state index contributed by atoms with van der Waals surface area (Å²) in [5.41, 5.74) is 5.31. The first-order valence-corrected chi connectivity index (χ1v) is 4.92. The second-order valence-corrected chi connectivity index (χ2v) is 3.87. The molecule has 1 fully saturated rings. The molecule has 2 rings (SSSR count). The van der Waals surface area contributed by atoms with Gasteiger partial charge in [-0.3, -0.25) is 4.79 Å². The number of H-pyrrole nitrogens is 1. The van der Waals surface area contributed by atoms with E-state index >= 15 is 0 Å². The monoisotopic (exact) mass is 210 g/mol. The van der Waals surface area contributed by atoms with Gasteiger partial charge in [0.05, 0.1) is 12.4 Å². The number of aliphatic hydroxyl groups is 1. The molecule has 5 N–H and O–H groups in total. The molecule has 0 bridgehead atoms. The minimum atomic E-state index is -0.332. The first-order valence-electron chi connectivity index (χ1n) is 4.92. The Kier molecular flexibility index (Phi) is 2.59. The fourth-order valence-electron chi connectivity index (χ4n) is 1.66. The van der Waals surface area contributed by atoms with Crippen LogP contribution in [0.15, 0.2) is 11.1 Å². The molecule has 0 aliphatic heterocycles. The third kappa shape index (κ3) is 2.10. The average molecular weight is 210 g/mol. The Morgan fingerprint density at radius 3 is 3.07 bits per heavy atom. The molecule has 1 aromatic heterocycles. The van der Waals surface area contributed by atoms with Gasteiger partial charge in [0.1, 0.15) is 5.69 Å². The minimum absolute atomic E-state index is 0.109. The SMILES string of the molecule is Nc1c(NCC2CC(O)C2)nc[nH]c1=O. The maximum absolute atomic E-state index is 11.1. The summed E-state index contributed by atoms with van der Waals surface area (Å²) in [5, 5.41) is 12.1. The Labute approximate surface area is 86.5 Å². The summed E-state index contributed by atoms with van der Waals surface area (Å²) in [6.45, 7) is 0.692. The predicted octanol–water partition coefficient (Wildman–Crippen LogP) is -0.465. The fourth-order valence-corrected chi connectivity index (χ4v) is 1.66. The van der Waals surface area contributed by atoms with Crippen LogP contribution in [0.4, 0.5) is 11.5 Å². The molecule has 0 saturated heterocycles. The summed E-state index contributed by atoms with van der Waals surface area (Å²) < 4.78 is 0. The van der Waals surface area contributed by atoms with Crippen LogP contribution in [-0.2, 0) is 0 Å². The zero-order chi connectivity index (χ0) is 10.8. The zero-order valence-electron chi connectivity index (χ0n) is 8.23. The molecule has 1 aliphatic rings. The third-order valence-corrected chi connectivity index (χ3v) is 2.66. The van der Waals surface area contributed by atoms with Crippen molar-refractivity contribution >= 4 is 11.5 Å². The molecule has 1 saturated carbocycles. The van der Waals surface area contributed by atoms with Gasteiger partial charge in [-0.2, -0.15) is 0 Å². The highest BCUT2D eigenvalue weighted by Crippen LogP contribution is 2.27. The van der Waals surface area contributed by atoms with Crippen molar-refractivity contribution in [2.45, 2.75) is 18.9 Å². The molecule has 0 radical (unpaired) electrons. The third-order valence-electron chi connectivity index (χ3n) is 2.66. The first-order chi connectivity index (χ1) is 7.16. The van der Waals surface area contributed by atoms with Gasteiger partial charge in [0.2, 0.25) is 0 Å². The van der Waals surface area contributed by atoms with Crippen LogP contribution < -0.4 is 16.6 Å². The Hall–Kier alpha value is -1.56. The number of hydrogen-bond donors (Lipinski definition) is 4. The molecular formula is C9H14N4O2. The number of nitrogens with zero attached hydrogens (tertiary/aromatic N) is 1. The normalized spacial score (nSPS) is 24.6. The second-order valence-electron chi connectivity index (χ2n) is 3.87. The summed E-state index contributed by atoms with van der Waals surface area (Å²) in [6.07, 6.45) is 2.75. The second kappa shape index (κ2) is 3.90. The van der Waals surface area contributed by atoms with E-state index in [1.807, 2.05) is 0 Å². The van der Waals surface area contributed by atoms with Crippen LogP contribution in [0.3, 0.4) is 0 Å². The summed E-state index contributed by atoms with van der Waals surface area (Å²) in [6, 6.07) is 0. The molecule has 0 spiro atoms. The van der Waals surface area contributed by atoms with E-state index in [-0.39, 0.29) is 17.4 Å². The Morgan fingerprint density at radius 1 is 1.67 bits per heavy atom. The number of anilines is 2. The minimum Gasteiger partial charge on any atom is -0.393 e. The van der Waals surface area contributed by atoms with E-state index in [1.54, 1.807) is 0 Å². The lowest BCUT2D eigenvalue weighted by Crippen LogP contribution is -2.33. The van der Waals surface area contributed by atoms with Gasteiger partial charge in [0.25, 0.3) is 5.56 Å². The van der Waals surface area contributed by atoms with Crippen molar-refractivity contribution in [3.05, 3.63) is 16.7 Å². The van der Waals surface area contributed by atoms with Gasteiger partial charge in [0.15, 0.2) is 5.82 Å². The van der Waals surface area contributed by atoms with Crippen LogP contribution in [0, 0.1) is 5.92 Å². The van der Waals surface area contributed by atoms with Crippen molar-refractivity contribution in [2.24, 2.45) is 5.92 Å². The predicted molar refractivity (Wildman–Crippen MR) is 56.5 cm³/mol. The van der Waals surface area contributed by atoms with Gasteiger partial charge in [0, 0.05) is 6.54 Å².